The van der Waals surface area contributed by atoms with Crippen molar-refractivity contribution in [2.75, 3.05) is 26.2 Å². The first-order valence-corrected chi connectivity index (χ1v) is 7.42. The van der Waals surface area contributed by atoms with Gasteiger partial charge >= 0.3 is 5.69 Å². The summed E-state index contributed by atoms with van der Waals surface area (Å²) in [4.78, 5) is 17.4. The van der Waals surface area contributed by atoms with Crippen LogP contribution >= 0.6 is 0 Å². The van der Waals surface area contributed by atoms with Crippen molar-refractivity contribution >= 4 is 11.0 Å². The van der Waals surface area contributed by atoms with Gasteiger partial charge in [0.1, 0.15) is 0 Å². The van der Waals surface area contributed by atoms with Gasteiger partial charge in [-0.25, -0.2) is 4.79 Å². The minimum Gasteiger partial charge on any atom is -0.314 e. The fourth-order valence-corrected chi connectivity index (χ4v) is 2.89. The summed E-state index contributed by atoms with van der Waals surface area (Å²) in [5.74, 6) is 0. The molecule has 5 nitrogen and oxygen atoms in total. The predicted molar refractivity (Wildman–Crippen MR) is 81.1 cm³/mol. The summed E-state index contributed by atoms with van der Waals surface area (Å²) in [6, 6.07) is 8.56. The van der Waals surface area contributed by atoms with Crippen LogP contribution in [0.2, 0.25) is 0 Å². The van der Waals surface area contributed by atoms with Crippen LogP contribution in [0.4, 0.5) is 0 Å². The first-order chi connectivity index (χ1) is 9.79. The van der Waals surface area contributed by atoms with Crippen molar-refractivity contribution in [1.82, 2.24) is 19.8 Å². The fourth-order valence-electron chi connectivity index (χ4n) is 2.89. The molecule has 0 atom stereocenters. The van der Waals surface area contributed by atoms with E-state index >= 15 is 0 Å². The van der Waals surface area contributed by atoms with Crippen LogP contribution in [0.5, 0.6) is 0 Å². The van der Waals surface area contributed by atoms with Crippen LogP contribution in [-0.2, 0) is 6.54 Å². The number of aromatic nitrogens is 2. The smallest absolute Gasteiger partial charge is 0.314 e. The molecule has 0 aliphatic carbocycles. The molecule has 20 heavy (non-hydrogen) atoms. The molecule has 0 saturated carbocycles. The maximum atomic E-state index is 12.0. The number of benzene rings is 1. The number of hydrogen-bond acceptors (Lipinski definition) is 3. The van der Waals surface area contributed by atoms with Crippen molar-refractivity contribution in [3.05, 3.63) is 34.7 Å². The lowest BCUT2D eigenvalue weighted by Gasteiger charge is -2.37. The monoisotopic (exact) mass is 274 g/mol. The fraction of sp³-hybridized carbons (Fsp3) is 0.533. The molecule has 1 aliphatic heterocycles. The number of para-hydroxylation sites is 2. The zero-order valence-electron chi connectivity index (χ0n) is 11.9. The molecule has 1 aliphatic rings. The van der Waals surface area contributed by atoms with Gasteiger partial charge in [0.05, 0.1) is 11.0 Å². The van der Waals surface area contributed by atoms with E-state index in [-0.39, 0.29) is 5.69 Å². The third-order valence-electron chi connectivity index (χ3n) is 4.19. The van der Waals surface area contributed by atoms with E-state index in [0.717, 1.165) is 50.2 Å². The molecule has 2 N–H and O–H groups in total. The molecule has 2 aromatic rings. The Morgan fingerprint density at radius 2 is 2.15 bits per heavy atom. The first kappa shape index (κ1) is 13.4. The molecule has 0 unspecified atom stereocenters. The summed E-state index contributed by atoms with van der Waals surface area (Å²) in [6.07, 6.45) is 1.01. The van der Waals surface area contributed by atoms with Crippen LogP contribution < -0.4 is 11.0 Å². The average molecular weight is 274 g/mol. The zero-order chi connectivity index (χ0) is 13.9. The second kappa shape index (κ2) is 5.81. The number of nitrogens with zero attached hydrogens (tertiary/aromatic N) is 2. The summed E-state index contributed by atoms with van der Waals surface area (Å²) in [5, 5.41) is 3.31. The van der Waals surface area contributed by atoms with Crippen molar-refractivity contribution in [2.45, 2.75) is 25.9 Å². The van der Waals surface area contributed by atoms with Crippen molar-refractivity contribution in [3.8, 4) is 0 Å². The number of aryl methyl sites for hydroxylation is 1. The Balaban J connectivity index is 1.64. The highest BCUT2D eigenvalue weighted by Crippen LogP contribution is 2.10. The minimum atomic E-state index is -0.000408. The summed E-state index contributed by atoms with van der Waals surface area (Å²) < 4.78 is 1.85. The Morgan fingerprint density at radius 1 is 1.35 bits per heavy atom. The summed E-state index contributed by atoms with van der Waals surface area (Å²) >= 11 is 0. The van der Waals surface area contributed by atoms with Crippen molar-refractivity contribution in [1.29, 1.82) is 0 Å². The number of aromatic amines is 1. The number of likely N-dealkylation sites (N-methyl/N-ethyl adjacent to an activating group) is 1. The number of H-pyrrole nitrogens is 1. The Bertz CT molecular complexity index is 626. The molecular weight excluding hydrogens is 252 g/mol. The van der Waals surface area contributed by atoms with Crippen LogP contribution in [0.1, 0.15) is 13.3 Å². The second-order valence-corrected chi connectivity index (χ2v) is 5.39. The molecule has 1 fully saturated rings. The number of rotatable bonds is 6. The second-order valence-electron chi connectivity index (χ2n) is 5.39. The van der Waals surface area contributed by atoms with Crippen molar-refractivity contribution in [2.24, 2.45) is 0 Å². The highest BCUT2D eigenvalue weighted by Gasteiger charge is 2.22. The maximum absolute atomic E-state index is 12.0. The van der Waals surface area contributed by atoms with E-state index in [2.05, 4.69) is 22.1 Å². The van der Waals surface area contributed by atoms with E-state index in [1.807, 2.05) is 28.8 Å². The molecule has 1 aromatic carbocycles. The molecule has 5 heteroatoms. The average Bonchev–Trinajstić information content (AvgIpc) is 2.72. The number of fused-ring (bicyclic) bond motifs is 1. The van der Waals surface area contributed by atoms with E-state index in [9.17, 15) is 4.79 Å². The Hall–Kier alpha value is -1.59. The van der Waals surface area contributed by atoms with Crippen molar-refractivity contribution in [3.63, 3.8) is 0 Å². The normalized spacial score (nSPS) is 15.9. The van der Waals surface area contributed by atoms with Crippen LogP contribution in [-0.4, -0.2) is 46.7 Å². The standard InChI is InChI=1S/C15H22N4O/c1-2-18(12-10-16-11-12)8-5-9-19-14-7-4-3-6-13(14)17-15(19)20/h3-4,6-7,12,16H,2,5,8-11H2,1H3,(H,17,20). The van der Waals surface area contributed by atoms with E-state index < -0.39 is 0 Å². The van der Waals surface area contributed by atoms with Crippen LogP contribution in [0.15, 0.2) is 29.1 Å². The van der Waals surface area contributed by atoms with Crippen molar-refractivity contribution < 1.29 is 0 Å². The van der Waals surface area contributed by atoms with E-state index in [0.29, 0.717) is 6.04 Å². The molecule has 0 bridgehead atoms. The Kier molecular flexibility index (Phi) is 3.89. The van der Waals surface area contributed by atoms with Gasteiger partial charge in [0.2, 0.25) is 0 Å². The molecule has 3 rings (SSSR count). The number of nitrogens with one attached hydrogen (secondary N) is 2. The van der Waals surface area contributed by atoms with Crippen LogP contribution in [0, 0.1) is 0 Å². The molecule has 1 saturated heterocycles. The lowest BCUT2D eigenvalue weighted by molar-refractivity contribution is 0.149. The topological polar surface area (TPSA) is 53.1 Å². The molecule has 0 amide bonds. The van der Waals surface area contributed by atoms with Crippen LogP contribution in [0.3, 0.4) is 0 Å². The number of hydrogen-bond donors (Lipinski definition) is 2. The third kappa shape index (κ3) is 2.51. The van der Waals surface area contributed by atoms with Gasteiger partial charge in [0.15, 0.2) is 0 Å². The van der Waals surface area contributed by atoms with Gasteiger partial charge < -0.3 is 10.3 Å². The van der Waals surface area contributed by atoms with Gasteiger partial charge in [-0.1, -0.05) is 19.1 Å². The van der Waals surface area contributed by atoms with Gasteiger partial charge in [0, 0.05) is 32.2 Å². The molecule has 108 valence electrons. The van der Waals surface area contributed by atoms with Gasteiger partial charge in [-0.05, 0) is 25.1 Å². The van der Waals surface area contributed by atoms with Gasteiger partial charge in [-0.3, -0.25) is 9.47 Å². The first-order valence-electron chi connectivity index (χ1n) is 7.42. The molecule has 0 radical (unpaired) electrons. The molecule has 0 spiro atoms. The lowest BCUT2D eigenvalue weighted by atomic mass is 10.1. The summed E-state index contributed by atoms with van der Waals surface area (Å²) in [7, 11) is 0. The van der Waals surface area contributed by atoms with E-state index in [4.69, 9.17) is 0 Å². The predicted octanol–water partition coefficient (Wildman–Crippen LogP) is 1.01. The molecular formula is C15H22N4O. The third-order valence-corrected chi connectivity index (χ3v) is 4.19. The van der Waals surface area contributed by atoms with Gasteiger partial charge in [0.25, 0.3) is 0 Å². The summed E-state index contributed by atoms with van der Waals surface area (Å²) in [6.45, 7) is 7.31. The minimum absolute atomic E-state index is 0.000408. The van der Waals surface area contributed by atoms with Gasteiger partial charge in [-0.2, -0.15) is 0 Å². The quantitative estimate of drug-likeness (QED) is 0.827. The maximum Gasteiger partial charge on any atom is 0.326 e. The summed E-state index contributed by atoms with van der Waals surface area (Å²) in [5.41, 5.74) is 1.93. The SMILES string of the molecule is CCN(CCCn1c(=O)[nH]c2ccccc21)C1CNC1. The lowest BCUT2D eigenvalue weighted by Crippen LogP contribution is -2.57. The van der Waals surface area contributed by atoms with E-state index in [1.165, 1.54) is 0 Å². The largest absolute Gasteiger partial charge is 0.326 e. The zero-order valence-corrected chi connectivity index (χ0v) is 11.9. The highest BCUT2D eigenvalue weighted by molar-refractivity contribution is 5.74. The van der Waals surface area contributed by atoms with Gasteiger partial charge in [-0.15, -0.1) is 0 Å². The number of imidazole rings is 1. The molecule has 2 heterocycles. The highest BCUT2D eigenvalue weighted by atomic mass is 16.1. The Morgan fingerprint density at radius 3 is 2.85 bits per heavy atom. The van der Waals surface area contributed by atoms with E-state index in [1.54, 1.807) is 0 Å². The van der Waals surface area contributed by atoms with Crippen LogP contribution in [0.25, 0.3) is 11.0 Å². The molecule has 1 aromatic heterocycles. The Labute approximate surface area is 118 Å².